The summed E-state index contributed by atoms with van der Waals surface area (Å²) in [6, 6.07) is 8.36. The molecule has 2 aromatic heterocycles. The molecule has 0 aromatic carbocycles. The molecule has 0 radical (unpaired) electrons. The molecule has 6 heterocycles. The van der Waals surface area contributed by atoms with Gasteiger partial charge in [0.1, 0.15) is 0 Å². The van der Waals surface area contributed by atoms with Crippen LogP contribution in [0.1, 0.15) is 44.9 Å². The fourth-order valence-corrected chi connectivity index (χ4v) is 6.03. The average Bonchev–Trinajstić information content (AvgIpc) is 3.23. The molecule has 2 aromatic rings. The van der Waals surface area contributed by atoms with E-state index in [0.717, 1.165) is 6.54 Å². The van der Waals surface area contributed by atoms with Crippen LogP contribution in [0.15, 0.2) is 49.1 Å². The molecule has 6 heteroatoms. The monoisotopic (exact) mass is 434 g/mol. The van der Waals surface area contributed by atoms with E-state index in [9.17, 15) is 0 Å². The van der Waals surface area contributed by atoms with Crippen LogP contribution in [0.4, 0.5) is 11.4 Å². The van der Waals surface area contributed by atoms with Crippen molar-refractivity contribution in [1.29, 1.82) is 0 Å². The minimum Gasteiger partial charge on any atom is -0.368 e. The zero-order valence-corrected chi connectivity index (χ0v) is 19.5. The van der Waals surface area contributed by atoms with E-state index >= 15 is 0 Å². The van der Waals surface area contributed by atoms with Crippen LogP contribution < -0.4 is 15.1 Å². The highest BCUT2D eigenvalue weighted by molar-refractivity contribution is 5.49. The van der Waals surface area contributed by atoms with Crippen molar-refractivity contribution in [3.63, 3.8) is 0 Å². The summed E-state index contributed by atoms with van der Waals surface area (Å²) in [7, 11) is 2.28. The van der Waals surface area contributed by atoms with Crippen molar-refractivity contribution in [2.75, 3.05) is 56.1 Å². The minimum atomic E-state index is 0.397. The van der Waals surface area contributed by atoms with Crippen molar-refractivity contribution in [2.45, 2.75) is 56.0 Å². The second-order valence-corrected chi connectivity index (χ2v) is 10.2. The first kappa shape index (κ1) is 21.7. The molecule has 0 saturated carbocycles. The SMILES string of the molecule is CN1CCCCC12CN(c1cccnc1)C2.c1cncc(N2CCC3(CCCCN3)C2)c1. The summed E-state index contributed by atoms with van der Waals surface area (Å²) in [5, 5.41) is 3.73. The van der Waals surface area contributed by atoms with E-state index in [0.29, 0.717) is 11.1 Å². The third-order valence-corrected chi connectivity index (χ3v) is 8.12. The Morgan fingerprint density at radius 3 is 2.12 bits per heavy atom. The van der Waals surface area contributed by atoms with Gasteiger partial charge in [0, 0.05) is 44.1 Å². The maximum absolute atomic E-state index is 4.20. The van der Waals surface area contributed by atoms with E-state index in [1.807, 2.05) is 36.9 Å². The summed E-state index contributed by atoms with van der Waals surface area (Å²) in [4.78, 5) is 15.8. The van der Waals surface area contributed by atoms with E-state index in [1.54, 1.807) is 0 Å². The third kappa shape index (κ3) is 4.48. The van der Waals surface area contributed by atoms with Crippen molar-refractivity contribution in [3.05, 3.63) is 49.1 Å². The van der Waals surface area contributed by atoms with Gasteiger partial charge in [0.15, 0.2) is 0 Å². The number of anilines is 2. The fourth-order valence-electron chi connectivity index (χ4n) is 6.03. The number of aromatic nitrogens is 2. The Kier molecular flexibility index (Phi) is 6.33. The van der Waals surface area contributed by atoms with Crippen molar-refractivity contribution >= 4 is 11.4 Å². The summed E-state index contributed by atoms with van der Waals surface area (Å²) >= 11 is 0. The quantitative estimate of drug-likeness (QED) is 0.780. The molecule has 6 nitrogen and oxygen atoms in total. The minimum absolute atomic E-state index is 0.397. The summed E-state index contributed by atoms with van der Waals surface area (Å²) < 4.78 is 0. The van der Waals surface area contributed by atoms with Crippen LogP contribution in [0, 0.1) is 0 Å². The summed E-state index contributed by atoms with van der Waals surface area (Å²) in [5.74, 6) is 0. The van der Waals surface area contributed by atoms with Gasteiger partial charge in [0.25, 0.3) is 0 Å². The molecule has 4 fully saturated rings. The van der Waals surface area contributed by atoms with Crippen LogP contribution in [0.25, 0.3) is 0 Å². The van der Waals surface area contributed by atoms with Crippen LogP contribution in [-0.4, -0.2) is 72.3 Å². The average molecular weight is 435 g/mol. The molecule has 1 unspecified atom stereocenters. The van der Waals surface area contributed by atoms with Gasteiger partial charge < -0.3 is 15.1 Å². The van der Waals surface area contributed by atoms with E-state index in [4.69, 9.17) is 0 Å². The second-order valence-electron chi connectivity index (χ2n) is 10.2. The van der Waals surface area contributed by atoms with Gasteiger partial charge in [-0.1, -0.05) is 12.8 Å². The number of likely N-dealkylation sites (N-methyl/N-ethyl adjacent to an activating group) is 1. The fraction of sp³-hybridized carbons (Fsp3) is 0.615. The van der Waals surface area contributed by atoms with Crippen LogP contribution >= 0.6 is 0 Å². The van der Waals surface area contributed by atoms with Crippen LogP contribution in [0.3, 0.4) is 0 Å². The third-order valence-electron chi connectivity index (χ3n) is 8.12. The molecule has 4 saturated heterocycles. The number of hydrogen-bond acceptors (Lipinski definition) is 6. The molecule has 0 aliphatic carbocycles. The highest BCUT2D eigenvalue weighted by atomic mass is 15.3. The normalized spacial score (nSPS) is 27.2. The lowest BCUT2D eigenvalue weighted by atomic mass is 9.80. The lowest BCUT2D eigenvalue weighted by molar-refractivity contribution is 0.0458. The molecule has 0 bridgehead atoms. The molecule has 32 heavy (non-hydrogen) atoms. The first-order chi connectivity index (χ1) is 15.7. The highest BCUT2D eigenvalue weighted by Crippen LogP contribution is 2.37. The second kappa shape index (κ2) is 9.36. The first-order valence-electron chi connectivity index (χ1n) is 12.4. The number of pyridine rings is 2. The van der Waals surface area contributed by atoms with Gasteiger partial charge >= 0.3 is 0 Å². The van der Waals surface area contributed by atoms with Crippen molar-refractivity contribution < 1.29 is 0 Å². The molecular weight excluding hydrogens is 396 g/mol. The van der Waals surface area contributed by atoms with Gasteiger partial charge in [0.05, 0.1) is 29.3 Å². The van der Waals surface area contributed by atoms with E-state index < -0.39 is 0 Å². The van der Waals surface area contributed by atoms with Crippen molar-refractivity contribution in [1.82, 2.24) is 20.2 Å². The first-order valence-corrected chi connectivity index (χ1v) is 12.4. The van der Waals surface area contributed by atoms with E-state index in [1.165, 1.54) is 89.0 Å². The molecular formula is C26H38N6. The Labute approximate surface area is 193 Å². The van der Waals surface area contributed by atoms with E-state index in [2.05, 4.69) is 49.2 Å². The number of hydrogen-bond donors (Lipinski definition) is 1. The summed E-state index contributed by atoms with van der Waals surface area (Å²) in [5.41, 5.74) is 3.40. The number of likely N-dealkylation sites (tertiary alicyclic amines) is 1. The maximum atomic E-state index is 4.20. The van der Waals surface area contributed by atoms with Gasteiger partial charge in [-0.05, 0) is 76.5 Å². The van der Waals surface area contributed by atoms with Gasteiger partial charge in [-0.3, -0.25) is 14.9 Å². The zero-order valence-electron chi connectivity index (χ0n) is 19.5. The molecule has 172 valence electrons. The van der Waals surface area contributed by atoms with E-state index in [-0.39, 0.29) is 0 Å². The summed E-state index contributed by atoms with van der Waals surface area (Å²) in [6.45, 7) is 7.13. The predicted octanol–water partition coefficient (Wildman–Crippen LogP) is 3.56. The molecule has 4 aliphatic rings. The Morgan fingerprint density at radius 2 is 1.50 bits per heavy atom. The van der Waals surface area contributed by atoms with Gasteiger partial charge in [0.2, 0.25) is 0 Å². The number of nitrogens with one attached hydrogen (secondary N) is 1. The van der Waals surface area contributed by atoms with Crippen LogP contribution in [0.2, 0.25) is 0 Å². The molecule has 0 amide bonds. The smallest absolute Gasteiger partial charge is 0.0557 e. The maximum Gasteiger partial charge on any atom is 0.0557 e. The molecule has 6 rings (SSSR count). The lowest BCUT2D eigenvalue weighted by Gasteiger charge is -2.58. The number of nitrogens with zero attached hydrogens (tertiary/aromatic N) is 5. The Morgan fingerprint density at radius 1 is 0.781 bits per heavy atom. The Bertz CT molecular complexity index is 842. The van der Waals surface area contributed by atoms with Crippen molar-refractivity contribution in [3.8, 4) is 0 Å². The van der Waals surface area contributed by atoms with Crippen molar-refractivity contribution in [2.24, 2.45) is 0 Å². The molecule has 2 spiro atoms. The topological polar surface area (TPSA) is 47.5 Å². The highest BCUT2D eigenvalue weighted by Gasteiger charge is 2.47. The number of piperidine rings is 2. The molecule has 4 aliphatic heterocycles. The largest absolute Gasteiger partial charge is 0.368 e. The lowest BCUT2D eigenvalue weighted by Crippen LogP contribution is -2.70. The van der Waals surface area contributed by atoms with Gasteiger partial charge in [-0.15, -0.1) is 0 Å². The Hall–Kier alpha value is -2.18. The standard InChI is InChI=1S/2C13H19N3/c1-15-8-3-2-6-13(15)10-16(11-13)12-5-4-7-14-9-12;1-2-8-15-13(5-1)6-9-16(11-13)12-4-3-7-14-10-12/h4-5,7,9H,2-3,6,8,10-11H2,1H3;3-4,7,10,15H,1-2,5-6,8-9,11H2. The predicted molar refractivity (Wildman–Crippen MR) is 131 cm³/mol. The Balaban J connectivity index is 0.000000135. The van der Waals surface area contributed by atoms with Crippen LogP contribution in [-0.2, 0) is 0 Å². The molecule has 1 N–H and O–H groups in total. The summed E-state index contributed by atoms with van der Waals surface area (Å²) in [6.07, 6.45) is 17.1. The number of rotatable bonds is 2. The van der Waals surface area contributed by atoms with Crippen LogP contribution in [0.5, 0.6) is 0 Å². The van der Waals surface area contributed by atoms with Gasteiger partial charge in [-0.25, -0.2) is 0 Å². The zero-order chi connectivity index (χ0) is 21.9. The molecule has 1 atom stereocenters. The van der Waals surface area contributed by atoms with Gasteiger partial charge in [-0.2, -0.15) is 0 Å².